The van der Waals surface area contributed by atoms with E-state index < -0.39 is 0 Å². The molecule has 0 amide bonds. The van der Waals surface area contributed by atoms with Crippen LogP contribution in [0.4, 0.5) is 5.69 Å². The second kappa shape index (κ2) is 5.81. The van der Waals surface area contributed by atoms with Crippen molar-refractivity contribution in [3.8, 4) is 0 Å². The van der Waals surface area contributed by atoms with Crippen LogP contribution in [0.2, 0.25) is 5.15 Å². The van der Waals surface area contributed by atoms with Gasteiger partial charge < -0.3 is 11.1 Å². The van der Waals surface area contributed by atoms with E-state index in [0.29, 0.717) is 17.7 Å². The molecule has 1 atom stereocenters. The highest BCUT2D eigenvalue weighted by Gasteiger charge is 2.22. The van der Waals surface area contributed by atoms with Gasteiger partial charge in [-0.05, 0) is 43.0 Å². The Hall–Kier alpha value is -1.58. The zero-order chi connectivity index (χ0) is 13.9. The van der Waals surface area contributed by atoms with E-state index in [0.717, 1.165) is 30.5 Å². The molecule has 0 aliphatic heterocycles. The Morgan fingerprint density at radius 1 is 1.30 bits per heavy atom. The van der Waals surface area contributed by atoms with Gasteiger partial charge in [0.1, 0.15) is 5.15 Å². The van der Waals surface area contributed by atoms with Gasteiger partial charge in [-0.25, -0.2) is 4.98 Å². The molecule has 0 fully saturated rings. The average Bonchev–Trinajstić information content (AvgIpc) is 2.86. The first kappa shape index (κ1) is 13.4. The van der Waals surface area contributed by atoms with Crippen LogP contribution in [0, 0.1) is 0 Å². The lowest BCUT2D eigenvalue weighted by atomic mass is 10.1. The van der Waals surface area contributed by atoms with Crippen molar-refractivity contribution in [1.82, 2.24) is 4.98 Å². The summed E-state index contributed by atoms with van der Waals surface area (Å²) < 4.78 is 0. The Morgan fingerprint density at radius 2 is 2.15 bits per heavy atom. The third kappa shape index (κ3) is 2.51. The van der Waals surface area contributed by atoms with Crippen LogP contribution in [0.1, 0.15) is 29.2 Å². The molecule has 2 aromatic rings. The molecule has 3 N–H and O–H groups in total. The number of nitrogens with zero attached hydrogens (tertiary/aromatic N) is 1. The first-order valence-corrected chi connectivity index (χ1v) is 7.35. The molecule has 1 heterocycles. The smallest absolute Gasteiger partial charge is 0.134 e. The highest BCUT2D eigenvalue weighted by atomic mass is 35.5. The fourth-order valence-electron chi connectivity index (χ4n) is 2.88. The fraction of sp³-hybridized carbons (Fsp3) is 0.312. The average molecular weight is 288 g/mol. The summed E-state index contributed by atoms with van der Waals surface area (Å²) in [4.78, 5) is 4.15. The van der Waals surface area contributed by atoms with Crippen molar-refractivity contribution in [2.75, 3.05) is 11.9 Å². The summed E-state index contributed by atoms with van der Waals surface area (Å²) in [6.45, 7) is 0.571. The standard InChI is InChI=1S/C16H18ClN3/c17-16-13(7-9-18)15(8-10-19-16)20-14-6-5-11-3-1-2-4-12(11)14/h1-4,8,10,14H,5-7,9,18H2,(H,19,20). The monoisotopic (exact) mass is 287 g/mol. The molecule has 4 heteroatoms. The third-order valence-corrected chi connectivity index (χ3v) is 4.19. The number of aryl methyl sites for hydroxylation is 1. The lowest BCUT2D eigenvalue weighted by molar-refractivity contribution is 0.759. The topological polar surface area (TPSA) is 50.9 Å². The van der Waals surface area contributed by atoms with Gasteiger partial charge in [0, 0.05) is 17.4 Å². The van der Waals surface area contributed by atoms with Crippen LogP contribution in [-0.2, 0) is 12.8 Å². The summed E-state index contributed by atoms with van der Waals surface area (Å²) in [7, 11) is 0. The Bertz CT molecular complexity index is 612. The zero-order valence-electron chi connectivity index (χ0n) is 11.3. The van der Waals surface area contributed by atoms with Gasteiger partial charge in [-0.2, -0.15) is 0 Å². The van der Waals surface area contributed by atoms with Crippen LogP contribution < -0.4 is 11.1 Å². The number of benzene rings is 1. The molecule has 1 aromatic carbocycles. The van der Waals surface area contributed by atoms with Crippen LogP contribution in [-0.4, -0.2) is 11.5 Å². The van der Waals surface area contributed by atoms with Gasteiger partial charge in [0.2, 0.25) is 0 Å². The lowest BCUT2D eigenvalue weighted by Crippen LogP contribution is -2.12. The second-order valence-corrected chi connectivity index (χ2v) is 5.46. The molecule has 20 heavy (non-hydrogen) atoms. The SMILES string of the molecule is NCCc1c(NC2CCc3ccccc32)ccnc1Cl. The third-order valence-electron chi connectivity index (χ3n) is 3.86. The largest absolute Gasteiger partial charge is 0.378 e. The van der Waals surface area contributed by atoms with Gasteiger partial charge in [0.25, 0.3) is 0 Å². The van der Waals surface area contributed by atoms with E-state index in [-0.39, 0.29) is 0 Å². The zero-order valence-corrected chi connectivity index (χ0v) is 12.0. The number of halogens is 1. The molecule has 3 rings (SSSR count). The van der Waals surface area contributed by atoms with Crippen LogP contribution >= 0.6 is 11.6 Å². The van der Waals surface area contributed by atoms with Gasteiger partial charge in [-0.3, -0.25) is 0 Å². The van der Waals surface area contributed by atoms with Crippen molar-refractivity contribution in [2.45, 2.75) is 25.3 Å². The molecule has 104 valence electrons. The number of hydrogen-bond donors (Lipinski definition) is 2. The number of nitrogens with two attached hydrogens (primary N) is 1. The van der Waals surface area contributed by atoms with E-state index in [4.69, 9.17) is 17.3 Å². The van der Waals surface area contributed by atoms with E-state index >= 15 is 0 Å². The molecule has 0 spiro atoms. The summed E-state index contributed by atoms with van der Waals surface area (Å²) >= 11 is 6.19. The van der Waals surface area contributed by atoms with Crippen LogP contribution in [0.3, 0.4) is 0 Å². The van der Waals surface area contributed by atoms with Crippen LogP contribution in [0.5, 0.6) is 0 Å². The van der Waals surface area contributed by atoms with Crippen molar-refractivity contribution in [2.24, 2.45) is 5.73 Å². The highest BCUT2D eigenvalue weighted by molar-refractivity contribution is 6.30. The lowest BCUT2D eigenvalue weighted by Gasteiger charge is -2.18. The molecule has 0 saturated carbocycles. The molecule has 3 nitrogen and oxygen atoms in total. The quantitative estimate of drug-likeness (QED) is 0.848. The minimum atomic E-state index is 0.348. The number of fused-ring (bicyclic) bond motifs is 1. The van der Waals surface area contributed by atoms with Gasteiger partial charge in [0.15, 0.2) is 0 Å². The van der Waals surface area contributed by atoms with Gasteiger partial charge in [-0.15, -0.1) is 0 Å². The number of pyridine rings is 1. The Kier molecular flexibility index (Phi) is 3.90. The minimum absolute atomic E-state index is 0.348. The molecular formula is C16H18ClN3. The van der Waals surface area contributed by atoms with Crippen LogP contribution in [0.15, 0.2) is 36.5 Å². The van der Waals surface area contributed by atoms with E-state index in [1.807, 2.05) is 6.07 Å². The summed E-state index contributed by atoms with van der Waals surface area (Å²) in [5.41, 5.74) is 10.6. The molecule has 0 bridgehead atoms. The number of nitrogens with one attached hydrogen (secondary N) is 1. The Balaban J connectivity index is 1.88. The summed E-state index contributed by atoms with van der Waals surface area (Å²) in [6, 6.07) is 10.9. The van der Waals surface area contributed by atoms with Crippen LogP contribution in [0.25, 0.3) is 0 Å². The summed E-state index contributed by atoms with van der Waals surface area (Å²) in [5.74, 6) is 0. The van der Waals surface area contributed by atoms with Gasteiger partial charge >= 0.3 is 0 Å². The maximum atomic E-state index is 6.19. The number of hydrogen-bond acceptors (Lipinski definition) is 3. The Morgan fingerprint density at radius 3 is 3.00 bits per heavy atom. The summed E-state index contributed by atoms with van der Waals surface area (Å²) in [5, 5.41) is 4.16. The first-order valence-electron chi connectivity index (χ1n) is 6.97. The van der Waals surface area contributed by atoms with E-state index in [1.165, 1.54) is 11.1 Å². The molecule has 1 aliphatic carbocycles. The van der Waals surface area contributed by atoms with Crippen molar-refractivity contribution < 1.29 is 0 Å². The summed E-state index contributed by atoms with van der Waals surface area (Å²) in [6.07, 6.45) is 4.72. The van der Waals surface area contributed by atoms with Crippen molar-refractivity contribution in [1.29, 1.82) is 0 Å². The van der Waals surface area contributed by atoms with Crippen molar-refractivity contribution in [3.63, 3.8) is 0 Å². The molecule has 1 aliphatic rings. The second-order valence-electron chi connectivity index (χ2n) is 5.10. The molecule has 0 radical (unpaired) electrons. The number of anilines is 1. The number of aromatic nitrogens is 1. The van der Waals surface area contributed by atoms with E-state index in [2.05, 4.69) is 34.6 Å². The first-order chi connectivity index (χ1) is 9.79. The van der Waals surface area contributed by atoms with Crippen molar-refractivity contribution >= 4 is 17.3 Å². The Labute approximate surface area is 124 Å². The molecule has 1 aromatic heterocycles. The fourth-order valence-corrected chi connectivity index (χ4v) is 3.13. The molecule has 0 saturated heterocycles. The predicted octanol–water partition coefficient (Wildman–Crippen LogP) is 3.34. The van der Waals surface area contributed by atoms with Crippen molar-refractivity contribution in [3.05, 3.63) is 58.4 Å². The molecule has 1 unspecified atom stereocenters. The van der Waals surface area contributed by atoms with Gasteiger partial charge in [-0.1, -0.05) is 35.9 Å². The van der Waals surface area contributed by atoms with E-state index in [1.54, 1.807) is 6.20 Å². The normalized spacial score (nSPS) is 17.0. The highest BCUT2D eigenvalue weighted by Crippen LogP contribution is 2.35. The maximum absolute atomic E-state index is 6.19. The number of rotatable bonds is 4. The predicted molar refractivity (Wildman–Crippen MR) is 83.1 cm³/mol. The maximum Gasteiger partial charge on any atom is 0.134 e. The van der Waals surface area contributed by atoms with Gasteiger partial charge in [0.05, 0.1) is 6.04 Å². The molecular weight excluding hydrogens is 270 g/mol. The van der Waals surface area contributed by atoms with E-state index in [9.17, 15) is 0 Å². The minimum Gasteiger partial charge on any atom is -0.378 e.